The average molecular weight is 293 g/mol. The molecule has 0 fully saturated rings. The number of nitrogens with zero attached hydrogens (tertiary/aromatic N) is 3. The van der Waals surface area contributed by atoms with E-state index in [9.17, 15) is 4.79 Å². The van der Waals surface area contributed by atoms with Crippen LogP contribution in [0.4, 0.5) is 0 Å². The van der Waals surface area contributed by atoms with Crippen LogP contribution in [0.25, 0.3) is 0 Å². The van der Waals surface area contributed by atoms with Crippen LogP contribution in [0, 0.1) is 5.92 Å². The minimum atomic E-state index is -0.180. The molecule has 0 bridgehead atoms. The summed E-state index contributed by atoms with van der Waals surface area (Å²) < 4.78 is 0. The van der Waals surface area contributed by atoms with E-state index in [0.29, 0.717) is 11.7 Å². The summed E-state index contributed by atoms with van der Waals surface area (Å²) in [5.74, 6) is -0.114. The molecule has 1 unspecified atom stereocenters. The van der Waals surface area contributed by atoms with Gasteiger partial charge in [0.1, 0.15) is 5.92 Å². The highest BCUT2D eigenvalue weighted by molar-refractivity contribution is 8.17. The normalized spacial score (nSPS) is 27.3. The lowest BCUT2D eigenvalue weighted by atomic mass is 9.92. The number of rotatable bonds is 2. The van der Waals surface area contributed by atoms with Crippen LogP contribution in [0.15, 0.2) is 28.1 Å². The fraction of sp³-hybridized carbons (Fsp3) is 0.462. The van der Waals surface area contributed by atoms with Gasteiger partial charge in [-0.3, -0.25) is 9.69 Å². The summed E-state index contributed by atoms with van der Waals surface area (Å²) in [6.45, 7) is 6.03. The summed E-state index contributed by atoms with van der Waals surface area (Å²) in [6.07, 6.45) is 2.64. The Kier molecular flexibility index (Phi) is 3.32. The average Bonchev–Trinajstić information content (AvgIpc) is 2.71. The Labute approximate surface area is 122 Å². The largest absolute Gasteiger partial charge is 0.301 e. The Balaban J connectivity index is 1.96. The first-order valence-electron chi connectivity index (χ1n) is 6.25. The number of thiocarbonyl (C=S) groups is 1. The summed E-state index contributed by atoms with van der Waals surface area (Å²) in [6, 6.07) is 0. The third kappa shape index (κ3) is 2.07. The van der Waals surface area contributed by atoms with E-state index in [-0.39, 0.29) is 11.8 Å². The monoisotopic (exact) mass is 293 g/mol. The third-order valence-electron chi connectivity index (χ3n) is 3.62. The molecule has 0 radical (unpaired) electrons. The number of carbonyl (C=O) groups is 1. The zero-order valence-electron chi connectivity index (χ0n) is 10.8. The van der Waals surface area contributed by atoms with Crippen molar-refractivity contribution in [2.45, 2.75) is 6.42 Å². The van der Waals surface area contributed by atoms with Gasteiger partial charge in [-0.1, -0.05) is 17.8 Å². The minimum Gasteiger partial charge on any atom is -0.301 e. The van der Waals surface area contributed by atoms with Gasteiger partial charge in [-0.25, -0.2) is 4.99 Å². The molecule has 4 nitrogen and oxygen atoms in total. The number of likely N-dealkylation sites (N-methyl/N-ethyl adjacent to an activating group) is 1. The van der Waals surface area contributed by atoms with Crippen LogP contribution in [-0.4, -0.2) is 52.5 Å². The molecule has 3 aliphatic heterocycles. The number of fused-ring (bicyclic) bond motifs is 2. The molecule has 0 spiro atoms. The summed E-state index contributed by atoms with van der Waals surface area (Å²) >= 11 is 6.85. The van der Waals surface area contributed by atoms with Crippen molar-refractivity contribution < 1.29 is 4.79 Å². The Bertz CT molecular complexity index is 538. The van der Waals surface area contributed by atoms with Crippen LogP contribution in [0.2, 0.25) is 0 Å². The summed E-state index contributed by atoms with van der Waals surface area (Å²) in [4.78, 5) is 22.2. The Morgan fingerprint density at radius 3 is 3.16 bits per heavy atom. The minimum absolute atomic E-state index is 0.0666. The molecular formula is C13H15N3OS2. The molecule has 1 atom stereocenters. The van der Waals surface area contributed by atoms with Crippen LogP contribution in [-0.2, 0) is 4.79 Å². The van der Waals surface area contributed by atoms with E-state index in [4.69, 9.17) is 12.2 Å². The van der Waals surface area contributed by atoms with Crippen molar-refractivity contribution in [1.29, 1.82) is 0 Å². The SMILES string of the molecule is C=CCN1C(=O)C2C(=NC1=S)SC1=C2CCN(C)C1. The summed E-state index contributed by atoms with van der Waals surface area (Å²) in [5, 5.41) is 1.24. The lowest BCUT2D eigenvalue weighted by Gasteiger charge is -2.30. The number of thioether (sulfide) groups is 1. The molecule has 3 heterocycles. The smallest absolute Gasteiger partial charge is 0.242 e. The van der Waals surface area contributed by atoms with Crippen LogP contribution in [0.1, 0.15) is 6.42 Å². The van der Waals surface area contributed by atoms with Crippen molar-refractivity contribution in [3.05, 3.63) is 23.1 Å². The van der Waals surface area contributed by atoms with Gasteiger partial charge in [0.25, 0.3) is 0 Å². The van der Waals surface area contributed by atoms with Crippen molar-refractivity contribution in [2.75, 3.05) is 26.7 Å². The van der Waals surface area contributed by atoms with E-state index >= 15 is 0 Å². The Morgan fingerprint density at radius 2 is 2.42 bits per heavy atom. The second kappa shape index (κ2) is 4.85. The molecule has 3 rings (SSSR count). The zero-order valence-corrected chi connectivity index (χ0v) is 12.4. The summed E-state index contributed by atoms with van der Waals surface area (Å²) in [7, 11) is 2.10. The quantitative estimate of drug-likeness (QED) is 0.573. The Morgan fingerprint density at radius 1 is 1.63 bits per heavy atom. The standard InChI is InChI=1S/C13H15N3OS2/c1-3-5-16-12(17)10-8-4-6-15(2)7-9(8)19-11(10)14-13(16)18/h3,10H,1,4-7H2,2H3. The molecule has 0 aliphatic carbocycles. The topological polar surface area (TPSA) is 35.9 Å². The predicted molar refractivity (Wildman–Crippen MR) is 82.2 cm³/mol. The highest BCUT2D eigenvalue weighted by Gasteiger charge is 2.44. The fourth-order valence-corrected chi connectivity index (χ4v) is 4.36. The number of amides is 1. The first-order valence-corrected chi connectivity index (χ1v) is 7.47. The van der Waals surface area contributed by atoms with Gasteiger partial charge in [0, 0.05) is 24.5 Å². The molecule has 0 saturated carbocycles. The first kappa shape index (κ1) is 13.0. The molecule has 0 aromatic heterocycles. The molecule has 100 valence electrons. The van der Waals surface area contributed by atoms with Gasteiger partial charge < -0.3 is 4.90 Å². The maximum atomic E-state index is 12.6. The first-order chi connectivity index (χ1) is 9.11. The van der Waals surface area contributed by atoms with Gasteiger partial charge in [-0.15, -0.1) is 6.58 Å². The molecule has 0 aromatic carbocycles. The predicted octanol–water partition coefficient (Wildman–Crippen LogP) is 1.65. The van der Waals surface area contributed by atoms with Crippen molar-refractivity contribution in [3.8, 4) is 0 Å². The van der Waals surface area contributed by atoms with Gasteiger partial charge in [0.15, 0.2) is 0 Å². The van der Waals surface area contributed by atoms with E-state index in [1.54, 1.807) is 22.7 Å². The number of hydrogen-bond acceptors (Lipinski definition) is 4. The van der Waals surface area contributed by atoms with Crippen molar-refractivity contribution in [1.82, 2.24) is 9.80 Å². The van der Waals surface area contributed by atoms with Crippen LogP contribution in [0.3, 0.4) is 0 Å². The van der Waals surface area contributed by atoms with Gasteiger partial charge in [0.2, 0.25) is 11.0 Å². The van der Waals surface area contributed by atoms with E-state index in [0.717, 1.165) is 24.6 Å². The molecule has 0 saturated heterocycles. The maximum absolute atomic E-state index is 12.6. The van der Waals surface area contributed by atoms with Crippen LogP contribution >= 0.6 is 24.0 Å². The lowest BCUT2D eigenvalue weighted by Crippen LogP contribution is -2.45. The van der Waals surface area contributed by atoms with E-state index in [2.05, 4.69) is 23.5 Å². The Hall–Kier alpha value is -0.980. The van der Waals surface area contributed by atoms with Gasteiger partial charge in [-0.2, -0.15) is 0 Å². The third-order valence-corrected chi connectivity index (χ3v) is 5.10. The van der Waals surface area contributed by atoms with Crippen molar-refractivity contribution >= 4 is 40.0 Å². The molecule has 1 amide bonds. The van der Waals surface area contributed by atoms with E-state index < -0.39 is 0 Å². The highest BCUT2D eigenvalue weighted by atomic mass is 32.2. The lowest BCUT2D eigenvalue weighted by molar-refractivity contribution is -0.128. The fourth-order valence-electron chi connectivity index (χ4n) is 2.66. The molecule has 19 heavy (non-hydrogen) atoms. The zero-order chi connectivity index (χ0) is 13.6. The van der Waals surface area contributed by atoms with Gasteiger partial charge >= 0.3 is 0 Å². The van der Waals surface area contributed by atoms with Crippen LogP contribution in [0.5, 0.6) is 0 Å². The number of carbonyl (C=O) groups excluding carboxylic acids is 1. The van der Waals surface area contributed by atoms with E-state index in [1.165, 1.54) is 10.5 Å². The molecule has 3 aliphatic rings. The molecule has 0 N–H and O–H groups in total. The number of hydrogen-bond donors (Lipinski definition) is 0. The van der Waals surface area contributed by atoms with E-state index in [1.807, 2.05) is 0 Å². The van der Waals surface area contributed by atoms with Crippen molar-refractivity contribution in [2.24, 2.45) is 10.9 Å². The van der Waals surface area contributed by atoms with Gasteiger partial charge in [0.05, 0.1) is 5.04 Å². The molecular weight excluding hydrogens is 278 g/mol. The highest BCUT2D eigenvalue weighted by Crippen LogP contribution is 2.44. The molecule has 6 heteroatoms. The van der Waals surface area contributed by atoms with Gasteiger partial charge in [-0.05, 0) is 31.3 Å². The van der Waals surface area contributed by atoms with Crippen LogP contribution < -0.4 is 0 Å². The second-order valence-electron chi connectivity index (χ2n) is 4.94. The van der Waals surface area contributed by atoms with Crippen molar-refractivity contribution in [3.63, 3.8) is 0 Å². The number of aliphatic imine (C=N–C) groups is 1. The summed E-state index contributed by atoms with van der Waals surface area (Å²) in [5.41, 5.74) is 1.25. The molecule has 0 aromatic rings. The maximum Gasteiger partial charge on any atom is 0.242 e. The second-order valence-corrected chi connectivity index (χ2v) is 6.42.